The van der Waals surface area contributed by atoms with Crippen molar-refractivity contribution in [3.05, 3.63) is 35.0 Å². The van der Waals surface area contributed by atoms with Gasteiger partial charge in [0.05, 0.1) is 26.0 Å². The van der Waals surface area contributed by atoms with Crippen LogP contribution >= 0.6 is 0 Å². The van der Waals surface area contributed by atoms with E-state index in [1.807, 2.05) is 11.6 Å². The lowest BCUT2D eigenvalue weighted by atomic mass is 10.1. The highest BCUT2D eigenvalue weighted by Gasteiger charge is 2.21. The Morgan fingerprint density at radius 3 is 2.50 bits per heavy atom. The minimum atomic E-state index is 0.0745. The fraction of sp³-hybridized carbons (Fsp3) is 0.593. The lowest BCUT2D eigenvalue weighted by Crippen LogP contribution is -2.46. The van der Waals surface area contributed by atoms with E-state index in [9.17, 15) is 10.2 Å². The Balaban J connectivity index is 1.56. The van der Waals surface area contributed by atoms with Gasteiger partial charge in [-0.2, -0.15) is 10.1 Å². The fourth-order valence-corrected chi connectivity index (χ4v) is 5.20. The number of β-amino-alcohol motifs (C(OH)–C–C–N with tert-alkyl or cyclic N) is 1. The molecule has 0 spiro atoms. The van der Waals surface area contributed by atoms with Crippen molar-refractivity contribution in [2.24, 2.45) is 0 Å². The number of aryl methyl sites for hydroxylation is 1. The van der Waals surface area contributed by atoms with Gasteiger partial charge in [-0.25, -0.2) is 4.98 Å². The molecule has 0 radical (unpaired) electrons. The van der Waals surface area contributed by atoms with E-state index in [4.69, 9.17) is 15.6 Å². The Morgan fingerprint density at radius 1 is 1.05 bits per heavy atom. The molecule has 0 amide bonds. The first kappa shape index (κ1) is 28.0. The van der Waals surface area contributed by atoms with Gasteiger partial charge in [0.15, 0.2) is 5.82 Å². The van der Waals surface area contributed by atoms with E-state index >= 15 is 0 Å². The highest BCUT2D eigenvalue weighted by molar-refractivity contribution is 5.88. The standard InChI is InChI=1S/C27H42N8O3/c1-4-5-22(8-14-36)29-26-25-24(30-27(28)31-26)19(2)32-35(25)18-21-7-6-20(16-23(21)38-3)17-34-11-9-33(10-12-34)13-15-37/h6-7,16,22,36-37H,4-5,8-15,17-18H2,1-3H3,(H3,28,29,30,31). The van der Waals surface area contributed by atoms with Crippen molar-refractivity contribution in [2.45, 2.75) is 52.2 Å². The molecule has 11 heteroatoms. The van der Waals surface area contributed by atoms with Crippen LogP contribution in [-0.2, 0) is 13.1 Å². The van der Waals surface area contributed by atoms with Crippen molar-refractivity contribution in [1.82, 2.24) is 29.5 Å². The zero-order valence-corrected chi connectivity index (χ0v) is 22.9. The van der Waals surface area contributed by atoms with Crippen LogP contribution in [0.5, 0.6) is 5.75 Å². The molecule has 4 rings (SSSR count). The third kappa shape index (κ3) is 6.71. The molecule has 38 heavy (non-hydrogen) atoms. The highest BCUT2D eigenvalue weighted by Crippen LogP contribution is 2.29. The molecule has 1 atom stereocenters. The number of benzene rings is 1. The van der Waals surface area contributed by atoms with Crippen LogP contribution in [0, 0.1) is 6.92 Å². The van der Waals surface area contributed by atoms with Crippen molar-refractivity contribution < 1.29 is 14.9 Å². The number of hydrogen-bond donors (Lipinski definition) is 4. The lowest BCUT2D eigenvalue weighted by molar-refractivity contribution is 0.108. The minimum Gasteiger partial charge on any atom is -0.496 e. The first-order chi connectivity index (χ1) is 18.4. The van der Waals surface area contributed by atoms with E-state index < -0.39 is 0 Å². The molecule has 3 heterocycles. The number of nitrogen functional groups attached to an aromatic ring is 1. The molecule has 11 nitrogen and oxygen atoms in total. The van der Waals surface area contributed by atoms with Crippen LogP contribution in [0.1, 0.15) is 43.0 Å². The monoisotopic (exact) mass is 526 g/mol. The minimum absolute atomic E-state index is 0.0745. The first-order valence-electron chi connectivity index (χ1n) is 13.5. The van der Waals surface area contributed by atoms with E-state index in [0.717, 1.165) is 80.2 Å². The third-order valence-corrected chi connectivity index (χ3v) is 7.19. The molecule has 0 aliphatic carbocycles. The number of rotatable bonds is 13. The number of nitrogens with zero attached hydrogens (tertiary/aromatic N) is 6. The van der Waals surface area contributed by atoms with E-state index in [2.05, 4.69) is 50.2 Å². The number of nitrogens with two attached hydrogens (primary N) is 1. The maximum Gasteiger partial charge on any atom is 0.222 e. The van der Waals surface area contributed by atoms with Crippen molar-refractivity contribution in [3.8, 4) is 5.75 Å². The fourth-order valence-electron chi connectivity index (χ4n) is 5.20. The lowest BCUT2D eigenvalue weighted by Gasteiger charge is -2.34. The summed E-state index contributed by atoms with van der Waals surface area (Å²) in [6, 6.07) is 6.45. The second-order valence-corrected chi connectivity index (χ2v) is 10.0. The number of aromatic nitrogens is 4. The van der Waals surface area contributed by atoms with Gasteiger partial charge in [0.1, 0.15) is 16.8 Å². The molecule has 1 fully saturated rings. The van der Waals surface area contributed by atoms with Gasteiger partial charge in [0.2, 0.25) is 5.95 Å². The number of aliphatic hydroxyl groups is 2. The number of ether oxygens (including phenoxy) is 1. The number of methoxy groups -OCH3 is 1. The molecule has 1 aliphatic heterocycles. The highest BCUT2D eigenvalue weighted by atomic mass is 16.5. The van der Waals surface area contributed by atoms with Crippen molar-refractivity contribution >= 4 is 22.8 Å². The van der Waals surface area contributed by atoms with Crippen LogP contribution in [0.15, 0.2) is 18.2 Å². The molecule has 1 saturated heterocycles. The molecule has 3 aromatic rings. The molecular weight excluding hydrogens is 484 g/mol. The van der Waals surface area contributed by atoms with E-state index in [1.54, 1.807) is 7.11 Å². The summed E-state index contributed by atoms with van der Waals surface area (Å²) in [6.45, 7) is 10.4. The average molecular weight is 527 g/mol. The van der Waals surface area contributed by atoms with Gasteiger partial charge in [0.25, 0.3) is 0 Å². The summed E-state index contributed by atoms with van der Waals surface area (Å²) >= 11 is 0. The average Bonchev–Trinajstić information content (AvgIpc) is 3.21. The van der Waals surface area contributed by atoms with Gasteiger partial charge < -0.3 is 26.0 Å². The molecule has 0 saturated carbocycles. The zero-order chi connectivity index (χ0) is 27.1. The van der Waals surface area contributed by atoms with Crippen LogP contribution < -0.4 is 15.8 Å². The predicted octanol–water partition coefficient (Wildman–Crippen LogP) is 1.85. The summed E-state index contributed by atoms with van der Waals surface area (Å²) in [4.78, 5) is 13.7. The van der Waals surface area contributed by atoms with Gasteiger partial charge in [-0.3, -0.25) is 14.5 Å². The number of nitrogens with one attached hydrogen (secondary N) is 1. The van der Waals surface area contributed by atoms with Crippen LogP contribution in [-0.4, -0.2) is 98.9 Å². The van der Waals surface area contributed by atoms with Crippen molar-refractivity contribution in [3.63, 3.8) is 0 Å². The molecule has 2 aromatic heterocycles. The topological polar surface area (TPSA) is 138 Å². The summed E-state index contributed by atoms with van der Waals surface area (Å²) in [6.07, 6.45) is 2.52. The van der Waals surface area contributed by atoms with Crippen LogP contribution in [0.4, 0.5) is 11.8 Å². The Kier molecular flexibility index (Phi) is 9.73. The maximum absolute atomic E-state index is 9.54. The molecule has 1 aliphatic rings. The van der Waals surface area contributed by atoms with E-state index in [1.165, 1.54) is 5.56 Å². The summed E-state index contributed by atoms with van der Waals surface area (Å²) < 4.78 is 7.71. The second kappa shape index (κ2) is 13.2. The summed E-state index contributed by atoms with van der Waals surface area (Å²) in [7, 11) is 1.70. The normalized spacial score (nSPS) is 15.7. The van der Waals surface area contributed by atoms with Gasteiger partial charge in [-0.15, -0.1) is 0 Å². The number of aliphatic hydroxyl groups excluding tert-OH is 2. The van der Waals surface area contributed by atoms with E-state index in [-0.39, 0.29) is 25.2 Å². The predicted molar refractivity (Wildman–Crippen MR) is 149 cm³/mol. The Bertz CT molecular complexity index is 1190. The molecule has 208 valence electrons. The summed E-state index contributed by atoms with van der Waals surface area (Å²) in [5, 5.41) is 27.0. The van der Waals surface area contributed by atoms with Crippen LogP contribution in [0.3, 0.4) is 0 Å². The molecule has 1 unspecified atom stereocenters. The van der Waals surface area contributed by atoms with Crippen LogP contribution in [0.2, 0.25) is 0 Å². The number of piperazine rings is 1. The quantitative estimate of drug-likeness (QED) is 0.261. The molecule has 0 bridgehead atoms. The molecule has 5 N–H and O–H groups in total. The number of anilines is 2. The van der Waals surface area contributed by atoms with E-state index in [0.29, 0.717) is 18.8 Å². The van der Waals surface area contributed by atoms with Gasteiger partial charge >= 0.3 is 0 Å². The number of fused-ring (bicyclic) bond motifs is 1. The SMILES string of the molecule is CCCC(CCO)Nc1nc(N)nc2c(C)nn(Cc3ccc(CN4CCN(CCO)CC4)cc3OC)c12. The third-order valence-electron chi connectivity index (χ3n) is 7.19. The smallest absolute Gasteiger partial charge is 0.222 e. The second-order valence-electron chi connectivity index (χ2n) is 10.0. The van der Waals surface area contributed by atoms with Crippen molar-refractivity contribution in [2.75, 3.05) is 64.1 Å². The zero-order valence-electron chi connectivity index (χ0n) is 22.9. The summed E-state index contributed by atoms with van der Waals surface area (Å²) in [5.41, 5.74) is 10.6. The number of hydrogen-bond acceptors (Lipinski definition) is 10. The Hall–Kier alpha value is -2.99. The largest absolute Gasteiger partial charge is 0.496 e. The summed E-state index contributed by atoms with van der Waals surface area (Å²) in [5.74, 6) is 1.65. The van der Waals surface area contributed by atoms with Gasteiger partial charge in [-0.05, 0) is 31.4 Å². The van der Waals surface area contributed by atoms with Crippen molar-refractivity contribution in [1.29, 1.82) is 0 Å². The van der Waals surface area contributed by atoms with Gasteiger partial charge in [0, 0.05) is 57.5 Å². The Morgan fingerprint density at radius 2 is 1.82 bits per heavy atom. The Labute approximate surface area is 224 Å². The maximum atomic E-state index is 9.54. The van der Waals surface area contributed by atoms with Gasteiger partial charge in [-0.1, -0.05) is 25.5 Å². The molecular formula is C27H42N8O3. The van der Waals surface area contributed by atoms with Crippen LogP contribution in [0.25, 0.3) is 11.0 Å². The molecule has 1 aromatic carbocycles. The first-order valence-corrected chi connectivity index (χ1v) is 13.5.